The Morgan fingerprint density at radius 3 is 2.72 bits per heavy atom. The van der Waals surface area contributed by atoms with E-state index in [-0.39, 0.29) is 11.5 Å². The molecule has 0 radical (unpaired) electrons. The molecule has 94 valence electrons. The molecule has 1 aromatic carbocycles. The molecule has 1 aromatic heterocycles. The third-order valence-corrected chi connectivity index (χ3v) is 2.77. The number of carbonyl (C=O) groups is 1. The quantitative estimate of drug-likeness (QED) is 0.908. The van der Waals surface area contributed by atoms with E-state index in [0.717, 1.165) is 0 Å². The zero-order chi connectivity index (χ0) is 13.3. The largest absolute Gasteiger partial charge is 0.476 e. The summed E-state index contributed by atoms with van der Waals surface area (Å²) in [6.45, 7) is 3.58. The number of nitrogens with zero attached hydrogens (tertiary/aromatic N) is 1. The molecule has 2 aromatic rings. The van der Waals surface area contributed by atoms with Crippen molar-refractivity contribution in [1.29, 1.82) is 0 Å². The standard InChI is InChI=1S/C13H12FNO3/c1-3-8-5-9(7(2)4-10(8)14)12-6-11(13(16)17)15-18-12/h4-6H,3H2,1-2H3,(H,16,17). The molecule has 18 heavy (non-hydrogen) atoms. The molecule has 0 spiro atoms. The minimum Gasteiger partial charge on any atom is -0.476 e. The number of hydrogen-bond acceptors (Lipinski definition) is 3. The van der Waals surface area contributed by atoms with Crippen LogP contribution >= 0.6 is 0 Å². The van der Waals surface area contributed by atoms with Crippen molar-refractivity contribution in [3.8, 4) is 11.3 Å². The van der Waals surface area contributed by atoms with E-state index in [1.165, 1.54) is 12.1 Å². The summed E-state index contributed by atoms with van der Waals surface area (Å²) < 4.78 is 18.5. The van der Waals surface area contributed by atoms with E-state index in [1.807, 2.05) is 6.92 Å². The molecule has 4 nitrogen and oxygen atoms in total. The lowest BCUT2D eigenvalue weighted by Gasteiger charge is -2.06. The summed E-state index contributed by atoms with van der Waals surface area (Å²) in [5.74, 6) is -1.09. The van der Waals surface area contributed by atoms with Crippen LogP contribution in [0.25, 0.3) is 11.3 Å². The Morgan fingerprint density at radius 1 is 1.44 bits per heavy atom. The van der Waals surface area contributed by atoms with Crippen molar-refractivity contribution in [2.45, 2.75) is 20.3 Å². The molecular weight excluding hydrogens is 237 g/mol. The molecule has 1 heterocycles. The van der Waals surface area contributed by atoms with Gasteiger partial charge < -0.3 is 9.63 Å². The van der Waals surface area contributed by atoms with Gasteiger partial charge in [0.1, 0.15) is 5.82 Å². The Morgan fingerprint density at radius 2 is 2.17 bits per heavy atom. The minimum atomic E-state index is -1.15. The molecule has 0 saturated heterocycles. The van der Waals surface area contributed by atoms with Crippen LogP contribution in [0.15, 0.2) is 22.7 Å². The van der Waals surface area contributed by atoms with Gasteiger partial charge in [-0.3, -0.25) is 0 Å². The highest BCUT2D eigenvalue weighted by atomic mass is 19.1. The number of aryl methyl sites for hydroxylation is 2. The fraction of sp³-hybridized carbons (Fsp3) is 0.231. The Kier molecular flexibility index (Phi) is 3.14. The van der Waals surface area contributed by atoms with Gasteiger partial charge in [-0.2, -0.15) is 0 Å². The van der Waals surface area contributed by atoms with Crippen molar-refractivity contribution in [1.82, 2.24) is 5.16 Å². The highest BCUT2D eigenvalue weighted by molar-refractivity contribution is 5.86. The van der Waals surface area contributed by atoms with Crippen molar-refractivity contribution in [2.75, 3.05) is 0 Å². The minimum absolute atomic E-state index is 0.160. The summed E-state index contributed by atoms with van der Waals surface area (Å²) in [6, 6.07) is 4.41. The molecule has 0 amide bonds. The van der Waals surface area contributed by atoms with Gasteiger partial charge in [0.15, 0.2) is 11.5 Å². The lowest BCUT2D eigenvalue weighted by atomic mass is 10.0. The summed E-state index contributed by atoms with van der Waals surface area (Å²) in [4.78, 5) is 10.7. The summed E-state index contributed by atoms with van der Waals surface area (Å²) in [5, 5.41) is 12.2. The topological polar surface area (TPSA) is 63.3 Å². The van der Waals surface area contributed by atoms with Crippen LogP contribution in [-0.2, 0) is 6.42 Å². The second-order valence-electron chi connectivity index (χ2n) is 3.99. The first-order chi connectivity index (χ1) is 8.52. The zero-order valence-corrected chi connectivity index (χ0v) is 10.0. The highest BCUT2D eigenvalue weighted by Gasteiger charge is 2.15. The number of aromatic carboxylic acids is 1. The number of rotatable bonds is 3. The van der Waals surface area contributed by atoms with Crippen LogP contribution in [0.1, 0.15) is 28.5 Å². The summed E-state index contributed by atoms with van der Waals surface area (Å²) in [5.41, 5.74) is 1.74. The number of benzene rings is 1. The Labute approximate surface area is 103 Å². The first-order valence-electron chi connectivity index (χ1n) is 5.52. The number of carboxylic acids is 1. The molecule has 0 aliphatic rings. The van der Waals surface area contributed by atoms with Crippen molar-refractivity contribution in [2.24, 2.45) is 0 Å². The third-order valence-electron chi connectivity index (χ3n) is 2.77. The molecule has 0 fully saturated rings. The Bertz CT molecular complexity index is 604. The zero-order valence-electron chi connectivity index (χ0n) is 10.0. The van der Waals surface area contributed by atoms with Crippen LogP contribution in [0.3, 0.4) is 0 Å². The van der Waals surface area contributed by atoms with Crippen molar-refractivity contribution in [3.63, 3.8) is 0 Å². The molecule has 1 N–H and O–H groups in total. The van der Waals surface area contributed by atoms with Gasteiger partial charge >= 0.3 is 5.97 Å². The van der Waals surface area contributed by atoms with Gasteiger partial charge in [-0.25, -0.2) is 9.18 Å². The van der Waals surface area contributed by atoms with Crippen molar-refractivity contribution < 1.29 is 18.8 Å². The fourth-order valence-electron chi connectivity index (χ4n) is 1.76. The van der Waals surface area contributed by atoms with Crippen LogP contribution in [-0.4, -0.2) is 16.2 Å². The Balaban J connectivity index is 2.52. The molecule has 2 rings (SSSR count). The normalized spacial score (nSPS) is 10.6. The van der Waals surface area contributed by atoms with E-state index in [4.69, 9.17) is 9.63 Å². The average Bonchev–Trinajstić information content (AvgIpc) is 2.78. The van der Waals surface area contributed by atoms with E-state index in [9.17, 15) is 9.18 Å². The van der Waals surface area contributed by atoms with E-state index in [1.54, 1.807) is 13.0 Å². The molecule has 0 bridgehead atoms. The molecular formula is C13H12FNO3. The molecule has 0 aliphatic heterocycles. The number of carboxylic acid groups (broad SMARTS) is 1. The van der Waals surface area contributed by atoms with E-state index < -0.39 is 5.97 Å². The fourth-order valence-corrected chi connectivity index (χ4v) is 1.76. The SMILES string of the molecule is CCc1cc(-c2cc(C(=O)O)no2)c(C)cc1F. The lowest BCUT2D eigenvalue weighted by molar-refractivity contribution is 0.0686. The Hall–Kier alpha value is -2.17. The smallest absolute Gasteiger partial charge is 0.358 e. The molecule has 0 unspecified atom stereocenters. The number of aromatic nitrogens is 1. The van der Waals surface area contributed by atoms with Crippen LogP contribution < -0.4 is 0 Å². The second-order valence-corrected chi connectivity index (χ2v) is 3.99. The van der Waals surface area contributed by atoms with Crippen LogP contribution in [0.4, 0.5) is 4.39 Å². The van der Waals surface area contributed by atoms with Crippen LogP contribution in [0, 0.1) is 12.7 Å². The van der Waals surface area contributed by atoms with Gasteiger partial charge in [0.25, 0.3) is 0 Å². The maximum atomic E-state index is 13.5. The van der Waals surface area contributed by atoms with E-state index >= 15 is 0 Å². The van der Waals surface area contributed by atoms with Gasteiger partial charge in [-0.05, 0) is 36.6 Å². The number of hydrogen-bond donors (Lipinski definition) is 1. The molecule has 0 atom stereocenters. The van der Waals surface area contributed by atoms with Crippen LogP contribution in [0.2, 0.25) is 0 Å². The van der Waals surface area contributed by atoms with Gasteiger partial charge in [0, 0.05) is 11.6 Å². The molecule has 5 heteroatoms. The summed E-state index contributed by atoms with van der Waals surface area (Å²) >= 11 is 0. The molecule has 0 aliphatic carbocycles. The van der Waals surface area contributed by atoms with Crippen molar-refractivity contribution in [3.05, 3.63) is 40.8 Å². The predicted molar refractivity (Wildman–Crippen MR) is 63.0 cm³/mol. The maximum Gasteiger partial charge on any atom is 0.358 e. The lowest BCUT2D eigenvalue weighted by Crippen LogP contribution is -1.95. The number of halogens is 1. The summed E-state index contributed by atoms with van der Waals surface area (Å²) in [6.07, 6.45) is 0.555. The van der Waals surface area contributed by atoms with Crippen LogP contribution in [0.5, 0.6) is 0 Å². The predicted octanol–water partition coefficient (Wildman–Crippen LogP) is 3.05. The first kappa shape index (κ1) is 12.3. The maximum absolute atomic E-state index is 13.5. The van der Waals surface area contributed by atoms with Crippen molar-refractivity contribution >= 4 is 5.97 Å². The van der Waals surface area contributed by atoms with E-state index in [0.29, 0.717) is 28.9 Å². The van der Waals surface area contributed by atoms with Gasteiger partial charge in [-0.15, -0.1) is 0 Å². The monoisotopic (exact) mass is 249 g/mol. The summed E-state index contributed by atoms with van der Waals surface area (Å²) in [7, 11) is 0. The average molecular weight is 249 g/mol. The third kappa shape index (κ3) is 2.11. The second kappa shape index (κ2) is 4.60. The molecule has 0 saturated carbocycles. The first-order valence-corrected chi connectivity index (χ1v) is 5.52. The van der Waals surface area contributed by atoms with Gasteiger partial charge in [0.2, 0.25) is 0 Å². The van der Waals surface area contributed by atoms with Gasteiger partial charge in [-0.1, -0.05) is 12.1 Å². The highest BCUT2D eigenvalue weighted by Crippen LogP contribution is 2.27. The van der Waals surface area contributed by atoms with E-state index in [2.05, 4.69) is 5.16 Å². The van der Waals surface area contributed by atoms with Gasteiger partial charge in [0.05, 0.1) is 0 Å².